The van der Waals surface area contributed by atoms with E-state index in [1.54, 1.807) is 13.0 Å². The molecule has 0 saturated heterocycles. The first-order chi connectivity index (χ1) is 7.69. The maximum atomic E-state index is 13.9. The molecule has 1 saturated carbocycles. The third-order valence-electron chi connectivity index (χ3n) is 3.85. The average Bonchev–Trinajstić information content (AvgIpc) is 2.79. The Bertz CT molecular complexity index is 378. The highest BCUT2D eigenvalue weighted by Crippen LogP contribution is 2.45. The zero-order valence-corrected chi connectivity index (χ0v) is 9.58. The first-order valence-corrected chi connectivity index (χ1v) is 5.89. The molecule has 0 radical (unpaired) electrons. The SMILES string of the molecule is CC(F)C1(c2cccc(C=O)c2)CCCC1. The molecular formula is C14H17FO. The summed E-state index contributed by atoms with van der Waals surface area (Å²) in [5.41, 5.74) is 1.29. The zero-order valence-electron chi connectivity index (χ0n) is 9.58. The number of benzene rings is 1. The molecule has 0 N–H and O–H groups in total. The third kappa shape index (κ3) is 1.77. The van der Waals surface area contributed by atoms with Crippen LogP contribution in [-0.4, -0.2) is 12.5 Å². The molecule has 1 unspecified atom stereocenters. The lowest BCUT2D eigenvalue weighted by Crippen LogP contribution is -2.32. The number of halogens is 1. The van der Waals surface area contributed by atoms with Gasteiger partial charge in [-0.3, -0.25) is 4.79 Å². The first-order valence-electron chi connectivity index (χ1n) is 5.89. The molecule has 2 rings (SSSR count). The summed E-state index contributed by atoms with van der Waals surface area (Å²) >= 11 is 0. The van der Waals surface area contributed by atoms with Crippen LogP contribution in [0.15, 0.2) is 24.3 Å². The van der Waals surface area contributed by atoms with E-state index < -0.39 is 6.17 Å². The summed E-state index contributed by atoms with van der Waals surface area (Å²) in [6, 6.07) is 7.41. The van der Waals surface area contributed by atoms with E-state index in [4.69, 9.17) is 0 Å². The quantitative estimate of drug-likeness (QED) is 0.710. The summed E-state index contributed by atoms with van der Waals surface area (Å²) in [6.45, 7) is 1.64. The van der Waals surface area contributed by atoms with Crippen LogP contribution in [0.4, 0.5) is 4.39 Å². The molecule has 1 fully saturated rings. The molecule has 1 nitrogen and oxygen atoms in total. The average molecular weight is 220 g/mol. The lowest BCUT2D eigenvalue weighted by atomic mass is 9.75. The molecule has 16 heavy (non-hydrogen) atoms. The van der Waals surface area contributed by atoms with Crippen molar-refractivity contribution < 1.29 is 9.18 Å². The maximum Gasteiger partial charge on any atom is 0.150 e. The van der Waals surface area contributed by atoms with Gasteiger partial charge in [-0.2, -0.15) is 0 Å². The van der Waals surface area contributed by atoms with Crippen LogP contribution in [0.25, 0.3) is 0 Å². The molecule has 0 spiro atoms. The van der Waals surface area contributed by atoms with Gasteiger partial charge in [0, 0.05) is 11.0 Å². The number of carbonyl (C=O) groups is 1. The van der Waals surface area contributed by atoms with Crippen molar-refractivity contribution in [3.63, 3.8) is 0 Å². The molecule has 0 aliphatic heterocycles. The van der Waals surface area contributed by atoms with E-state index in [1.807, 2.05) is 18.2 Å². The Labute approximate surface area is 95.7 Å². The Balaban J connectivity index is 2.42. The number of carbonyl (C=O) groups excluding carboxylic acids is 1. The van der Waals surface area contributed by atoms with Crippen molar-refractivity contribution in [2.45, 2.75) is 44.2 Å². The van der Waals surface area contributed by atoms with Crippen molar-refractivity contribution in [1.29, 1.82) is 0 Å². The molecule has 0 heterocycles. The Hall–Kier alpha value is -1.18. The molecule has 1 atom stereocenters. The van der Waals surface area contributed by atoms with Gasteiger partial charge in [-0.1, -0.05) is 31.0 Å². The van der Waals surface area contributed by atoms with E-state index in [-0.39, 0.29) is 5.41 Å². The van der Waals surface area contributed by atoms with E-state index in [9.17, 15) is 9.18 Å². The Morgan fingerprint density at radius 2 is 2.06 bits per heavy atom. The molecule has 0 amide bonds. The fourth-order valence-electron chi connectivity index (χ4n) is 2.84. The number of hydrogen-bond acceptors (Lipinski definition) is 1. The van der Waals surface area contributed by atoms with Gasteiger partial charge in [-0.05, 0) is 31.4 Å². The molecule has 1 aromatic rings. The molecular weight excluding hydrogens is 203 g/mol. The predicted octanol–water partition coefficient (Wildman–Crippen LogP) is 3.67. The van der Waals surface area contributed by atoms with Crippen molar-refractivity contribution in [2.24, 2.45) is 0 Å². The Kier molecular flexibility index (Phi) is 3.08. The van der Waals surface area contributed by atoms with Gasteiger partial charge < -0.3 is 0 Å². The van der Waals surface area contributed by atoms with Crippen molar-refractivity contribution in [3.8, 4) is 0 Å². The minimum atomic E-state index is -0.850. The predicted molar refractivity (Wildman–Crippen MR) is 62.5 cm³/mol. The highest BCUT2D eigenvalue weighted by Gasteiger charge is 2.40. The topological polar surface area (TPSA) is 17.1 Å². The van der Waals surface area contributed by atoms with E-state index in [2.05, 4.69) is 0 Å². The highest BCUT2D eigenvalue weighted by atomic mass is 19.1. The summed E-state index contributed by atoms with van der Waals surface area (Å²) in [5.74, 6) is 0. The van der Waals surface area contributed by atoms with Gasteiger partial charge in [-0.15, -0.1) is 0 Å². The fourth-order valence-corrected chi connectivity index (χ4v) is 2.84. The second-order valence-corrected chi connectivity index (χ2v) is 4.72. The normalized spacial score (nSPS) is 20.6. The van der Waals surface area contributed by atoms with E-state index >= 15 is 0 Å². The van der Waals surface area contributed by atoms with E-state index in [0.717, 1.165) is 37.5 Å². The monoisotopic (exact) mass is 220 g/mol. The number of rotatable bonds is 3. The number of aldehydes is 1. The molecule has 1 aromatic carbocycles. The summed E-state index contributed by atoms with van der Waals surface area (Å²) in [6.07, 6.45) is 3.94. The van der Waals surface area contributed by atoms with Crippen LogP contribution in [0.1, 0.15) is 48.5 Å². The summed E-state index contributed by atoms with van der Waals surface area (Å²) in [7, 11) is 0. The first kappa shape index (κ1) is 11.3. The Morgan fingerprint density at radius 3 is 2.62 bits per heavy atom. The number of hydrogen-bond donors (Lipinski definition) is 0. The van der Waals surface area contributed by atoms with Crippen molar-refractivity contribution in [1.82, 2.24) is 0 Å². The summed E-state index contributed by atoms with van der Waals surface area (Å²) < 4.78 is 13.9. The molecule has 1 aliphatic rings. The van der Waals surface area contributed by atoms with Crippen molar-refractivity contribution in [2.75, 3.05) is 0 Å². The van der Waals surface area contributed by atoms with Crippen LogP contribution in [0.5, 0.6) is 0 Å². The minimum absolute atomic E-state index is 0.348. The summed E-state index contributed by atoms with van der Waals surface area (Å²) in [4.78, 5) is 10.8. The van der Waals surface area contributed by atoms with Crippen LogP contribution in [0.2, 0.25) is 0 Å². The van der Waals surface area contributed by atoms with Crippen LogP contribution < -0.4 is 0 Å². The lowest BCUT2D eigenvalue weighted by molar-refractivity contribution is 0.112. The standard InChI is InChI=1S/C14H17FO/c1-11(15)14(7-2-3-8-14)13-6-4-5-12(9-13)10-16/h4-6,9-11H,2-3,7-8H2,1H3. The van der Waals surface area contributed by atoms with Gasteiger partial charge in [0.25, 0.3) is 0 Å². The van der Waals surface area contributed by atoms with Gasteiger partial charge in [-0.25, -0.2) is 4.39 Å². The van der Waals surface area contributed by atoms with Gasteiger partial charge >= 0.3 is 0 Å². The molecule has 2 heteroatoms. The Morgan fingerprint density at radius 1 is 1.38 bits per heavy atom. The van der Waals surface area contributed by atoms with E-state index in [1.165, 1.54) is 0 Å². The van der Waals surface area contributed by atoms with Gasteiger partial charge in [0.15, 0.2) is 0 Å². The minimum Gasteiger partial charge on any atom is -0.298 e. The molecule has 0 aromatic heterocycles. The van der Waals surface area contributed by atoms with Crippen LogP contribution >= 0.6 is 0 Å². The van der Waals surface area contributed by atoms with Crippen molar-refractivity contribution >= 4 is 6.29 Å². The number of alkyl halides is 1. The van der Waals surface area contributed by atoms with Gasteiger partial charge in [0.2, 0.25) is 0 Å². The molecule has 0 bridgehead atoms. The lowest BCUT2D eigenvalue weighted by Gasteiger charge is -2.31. The zero-order chi connectivity index (χ0) is 11.6. The third-order valence-corrected chi connectivity index (χ3v) is 3.85. The van der Waals surface area contributed by atoms with Crippen LogP contribution in [0.3, 0.4) is 0 Å². The highest BCUT2D eigenvalue weighted by molar-refractivity contribution is 5.75. The van der Waals surface area contributed by atoms with Crippen LogP contribution in [0, 0.1) is 0 Å². The smallest absolute Gasteiger partial charge is 0.150 e. The van der Waals surface area contributed by atoms with E-state index in [0.29, 0.717) is 5.56 Å². The maximum absolute atomic E-state index is 13.9. The molecule has 1 aliphatic carbocycles. The van der Waals surface area contributed by atoms with Crippen LogP contribution in [-0.2, 0) is 5.41 Å². The largest absolute Gasteiger partial charge is 0.298 e. The van der Waals surface area contributed by atoms with Crippen molar-refractivity contribution in [3.05, 3.63) is 35.4 Å². The fraction of sp³-hybridized carbons (Fsp3) is 0.500. The summed E-state index contributed by atoms with van der Waals surface area (Å²) in [5, 5.41) is 0. The molecule has 86 valence electrons. The van der Waals surface area contributed by atoms with Gasteiger partial charge in [0.1, 0.15) is 12.5 Å². The second-order valence-electron chi connectivity index (χ2n) is 4.72. The second kappa shape index (κ2) is 4.36. The van der Waals surface area contributed by atoms with Gasteiger partial charge in [0.05, 0.1) is 0 Å².